The van der Waals surface area contributed by atoms with E-state index in [1.165, 1.54) is 24.3 Å². The van der Waals surface area contributed by atoms with Crippen LogP contribution in [-0.4, -0.2) is 18.2 Å². The van der Waals surface area contributed by atoms with Crippen LogP contribution in [0.15, 0.2) is 70.4 Å². The molecule has 2 N–H and O–H groups in total. The third-order valence-corrected chi connectivity index (χ3v) is 7.09. The summed E-state index contributed by atoms with van der Waals surface area (Å²) >= 11 is 17.9. The Morgan fingerprint density at radius 1 is 0.967 bits per heavy atom. The zero-order valence-electron chi connectivity index (χ0n) is 15.2. The Morgan fingerprint density at radius 2 is 1.70 bits per heavy atom. The zero-order chi connectivity index (χ0) is 21.5. The number of hydrogen-bond donors (Lipinski definition) is 2. The molecule has 0 unspecified atom stereocenters. The van der Waals surface area contributed by atoms with Gasteiger partial charge in [0.05, 0.1) is 27.5 Å². The lowest BCUT2D eigenvalue weighted by Gasteiger charge is -2.10. The van der Waals surface area contributed by atoms with Gasteiger partial charge >= 0.3 is 0 Å². The maximum Gasteiger partial charge on any atom is 0.272 e. The minimum absolute atomic E-state index is 0.0697. The minimum atomic E-state index is -3.99. The number of anilines is 1. The predicted octanol–water partition coefficient (Wildman–Crippen LogP) is 5.14. The van der Waals surface area contributed by atoms with Gasteiger partial charge in [-0.15, -0.1) is 0 Å². The van der Waals surface area contributed by atoms with Crippen molar-refractivity contribution in [2.24, 2.45) is 0 Å². The third-order valence-electron chi connectivity index (χ3n) is 4.48. The van der Waals surface area contributed by atoms with E-state index in [0.29, 0.717) is 22.5 Å². The van der Waals surface area contributed by atoms with Gasteiger partial charge in [-0.3, -0.25) is 19.3 Å². The minimum Gasteiger partial charge on any atom is -0.280 e. The maximum absolute atomic E-state index is 12.7. The summed E-state index contributed by atoms with van der Waals surface area (Å²) < 4.78 is 29.6. The Kier molecular flexibility index (Phi) is 5.55. The molecule has 10 heteroatoms. The van der Waals surface area contributed by atoms with Crippen LogP contribution in [-0.2, 0) is 16.6 Å². The Morgan fingerprint density at radius 3 is 2.43 bits per heavy atom. The molecular weight excluding hydrogens is 469 g/mol. The standard InChI is InChI=1S/C20H14Cl3N3O3S/c21-13-6-4-12(5-7-13)11-26-17-9-8-14(10-15(17)20(27)24-26)25-30(28,29)18-3-1-2-16(22)19(18)23/h1-10,25H,11H2,(H,24,27). The number of aromatic nitrogens is 2. The van der Waals surface area contributed by atoms with Crippen LogP contribution in [0.5, 0.6) is 0 Å². The van der Waals surface area contributed by atoms with Crippen LogP contribution in [0.3, 0.4) is 0 Å². The summed E-state index contributed by atoms with van der Waals surface area (Å²) in [7, 11) is -3.99. The van der Waals surface area contributed by atoms with Crippen LogP contribution < -0.4 is 10.3 Å². The molecule has 0 atom stereocenters. The molecule has 0 bridgehead atoms. The second-order valence-electron chi connectivity index (χ2n) is 6.54. The van der Waals surface area contributed by atoms with E-state index < -0.39 is 10.0 Å². The summed E-state index contributed by atoms with van der Waals surface area (Å²) in [5, 5.41) is 3.80. The van der Waals surface area contributed by atoms with Crippen LogP contribution in [0.1, 0.15) is 5.56 Å². The molecule has 0 radical (unpaired) electrons. The van der Waals surface area contributed by atoms with Gasteiger partial charge in [0.15, 0.2) is 0 Å². The smallest absolute Gasteiger partial charge is 0.272 e. The fourth-order valence-electron chi connectivity index (χ4n) is 3.06. The quantitative estimate of drug-likeness (QED) is 0.413. The number of aromatic amines is 1. The average molecular weight is 483 g/mol. The van der Waals surface area contributed by atoms with E-state index in [2.05, 4.69) is 9.82 Å². The number of hydrogen-bond acceptors (Lipinski definition) is 3. The number of rotatable bonds is 5. The Hall–Kier alpha value is -2.45. The molecule has 3 aromatic carbocycles. The van der Waals surface area contributed by atoms with Crippen molar-refractivity contribution in [3.8, 4) is 0 Å². The summed E-state index contributed by atoms with van der Waals surface area (Å²) in [4.78, 5) is 12.3. The highest BCUT2D eigenvalue weighted by atomic mass is 35.5. The average Bonchev–Trinajstić information content (AvgIpc) is 3.00. The first-order valence-corrected chi connectivity index (χ1v) is 11.3. The number of halogens is 3. The highest BCUT2D eigenvalue weighted by Gasteiger charge is 2.20. The van der Waals surface area contributed by atoms with Crippen molar-refractivity contribution >= 4 is 61.4 Å². The molecule has 30 heavy (non-hydrogen) atoms. The Labute approximate surface area is 187 Å². The second kappa shape index (κ2) is 8.00. The molecule has 0 amide bonds. The highest BCUT2D eigenvalue weighted by Crippen LogP contribution is 2.30. The largest absolute Gasteiger partial charge is 0.280 e. The first-order valence-electron chi connectivity index (χ1n) is 8.68. The van der Waals surface area contributed by atoms with Gasteiger partial charge in [-0.2, -0.15) is 0 Å². The lowest BCUT2D eigenvalue weighted by atomic mass is 10.2. The van der Waals surface area contributed by atoms with Gasteiger partial charge < -0.3 is 0 Å². The van der Waals surface area contributed by atoms with E-state index in [-0.39, 0.29) is 26.2 Å². The van der Waals surface area contributed by atoms with Gasteiger partial charge in [0, 0.05) is 10.7 Å². The number of benzene rings is 3. The van der Waals surface area contributed by atoms with Gasteiger partial charge in [-0.05, 0) is 48.0 Å². The fourth-order valence-corrected chi connectivity index (χ4v) is 5.00. The first-order chi connectivity index (χ1) is 14.2. The van der Waals surface area contributed by atoms with E-state index in [0.717, 1.165) is 5.56 Å². The van der Waals surface area contributed by atoms with Crippen LogP contribution in [0.2, 0.25) is 15.1 Å². The topological polar surface area (TPSA) is 84.0 Å². The summed E-state index contributed by atoms with van der Waals surface area (Å²) in [6.07, 6.45) is 0. The Bertz CT molecular complexity index is 1410. The summed E-state index contributed by atoms with van der Waals surface area (Å²) in [5.74, 6) is 0. The van der Waals surface area contributed by atoms with Crippen molar-refractivity contribution in [2.45, 2.75) is 11.4 Å². The van der Waals surface area contributed by atoms with Crippen molar-refractivity contribution in [1.29, 1.82) is 0 Å². The number of fused-ring (bicyclic) bond motifs is 1. The molecule has 4 aromatic rings. The van der Waals surface area contributed by atoms with Gasteiger partial charge in [-0.25, -0.2) is 8.42 Å². The van der Waals surface area contributed by atoms with Gasteiger partial charge in [0.1, 0.15) is 4.90 Å². The highest BCUT2D eigenvalue weighted by molar-refractivity contribution is 7.92. The fraction of sp³-hybridized carbons (Fsp3) is 0.0500. The maximum atomic E-state index is 12.7. The molecule has 0 aliphatic rings. The third kappa shape index (κ3) is 4.06. The van der Waals surface area contributed by atoms with Crippen LogP contribution in [0.4, 0.5) is 5.69 Å². The number of sulfonamides is 1. The van der Waals surface area contributed by atoms with Crippen molar-refractivity contribution < 1.29 is 8.42 Å². The first kappa shape index (κ1) is 20.8. The van der Waals surface area contributed by atoms with Crippen LogP contribution in [0, 0.1) is 0 Å². The molecule has 1 aromatic heterocycles. The molecule has 0 saturated heterocycles. The van der Waals surface area contributed by atoms with Gasteiger partial charge in [0.2, 0.25) is 0 Å². The van der Waals surface area contributed by atoms with Crippen molar-refractivity contribution in [1.82, 2.24) is 9.78 Å². The molecule has 0 aliphatic carbocycles. The number of nitrogens with one attached hydrogen (secondary N) is 2. The molecule has 6 nitrogen and oxygen atoms in total. The summed E-state index contributed by atoms with van der Waals surface area (Å²) in [6.45, 7) is 0.430. The summed E-state index contributed by atoms with van der Waals surface area (Å²) in [5.41, 5.74) is 1.49. The Balaban J connectivity index is 1.67. The molecule has 154 valence electrons. The molecular formula is C20H14Cl3N3O3S. The monoisotopic (exact) mass is 481 g/mol. The van der Waals surface area contributed by atoms with Gasteiger partial charge in [-0.1, -0.05) is 53.0 Å². The normalized spacial score (nSPS) is 11.7. The predicted molar refractivity (Wildman–Crippen MR) is 120 cm³/mol. The van der Waals surface area contributed by atoms with Crippen molar-refractivity contribution in [2.75, 3.05) is 4.72 Å². The van der Waals surface area contributed by atoms with Crippen molar-refractivity contribution in [3.63, 3.8) is 0 Å². The zero-order valence-corrected chi connectivity index (χ0v) is 18.3. The van der Waals surface area contributed by atoms with Gasteiger partial charge in [0.25, 0.3) is 15.6 Å². The molecule has 0 fully saturated rings. The molecule has 4 rings (SSSR count). The molecule has 0 saturated carbocycles. The van der Waals surface area contributed by atoms with E-state index in [9.17, 15) is 13.2 Å². The van der Waals surface area contributed by atoms with E-state index in [4.69, 9.17) is 34.8 Å². The van der Waals surface area contributed by atoms with Crippen LogP contribution >= 0.6 is 34.8 Å². The summed E-state index contributed by atoms with van der Waals surface area (Å²) in [6, 6.07) is 16.3. The molecule has 0 aliphatic heterocycles. The van der Waals surface area contributed by atoms with E-state index in [1.807, 2.05) is 12.1 Å². The number of nitrogens with zero attached hydrogens (tertiary/aromatic N) is 1. The lowest BCUT2D eigenvalue weighted by Crippen LogP contribution is -2.13. The number of H-pyrrole nitrogens is 1. The van der Waals surface area contributed by atoms with E-state index in [1.54, 1.807) is 28.9 Å². The second-order valence-corrected chi connectivity index (χ2v) is 9.42. The molecule has 0 spiro atoms. The molecule has 1 heterocycles. The van der Waals surface area contributed by atoms with Crippen molar-refractivity contribution in [3.05, 3.63) is 91.6 Å². The van der Waals surface area contributed by atoms with E-state index >= 15 is 0 Å². The SMILES string of the molecule is O=c1[nH]n(Cc2ccc(Cl)cc2)c2ccc(NS(=O)(=O)c3cccc(Cl)c3Cl)cc12. The lowest BCUT2D eigenvalue weighted by molar-refractivity contribution is 0.601. The van der Waals surface area contributed by atoms with Crippen LogP contribution in [0.25, 0.3) is 10.9 Å².